The van der Waals surface area contributed by atoms with Crippen molar-refractivity contribution in [1.82, 2.24) is 0 Å². The highest BCUT2D eigenvalue weighted by Gasteiger charge is 2.18. The van der Waals surface area contributed by atoms with E-state index in [1.807, 2.05) is 30.3 Å². The van der Waals surface area contributed by atoms with Gasteiger partial charge in [0.15, 0.2) is 0 Å². The molecule has 2 aromatic carbocycles. The molecular weight excluding hydrogens is 232 g/mol. The molecule has 0 unspecified atom stereocenters. The summed E-state index contributed by atoms with van der Waals surface area (Å²) in [5.41, 5.74) is 3.57. The molecule has 1 atom stereocenters. The topological polar surface area (TPSA) is 20.2 Å². The molecule has 0 amide bonds. The number of rotatable bonds is 2. The Morgan fingerprint density at radius 1 is 0.947 bits per heavy atom. The molecular formula is C18H22O. The lowest BCUT2D eigenvalue weighted by atomic mass is 9.83. The zero-order valence-corrected chi connectivity index (χ0v) is 12.1. The lowest BCUT2D eigenvalue weighted by Crippen LogP contribution is -2.11. The second-order valence-electron chi connectivity index (χ2n) is 6.16. The summed E-state index contributed by atoms with van der Waals surface area (Å²) in [6.07, 6.45) is 0. The molecule has 1 nitrogen and oxygen atoms in total. The number of benzene rings is 2. The smallest absolute Gasteiger partial charge is 0.119 e. The molecule has 1 N–H and O–H groups in total. The zero-order chi connectivity index (χ0) is 14.0. The van der Waals surface area contributed by atoms with Crippen molar-refractivity contribution in [2.75, 3.05) is 0 Å². The van der Waals surface area contributed by atoms with E-state index in [1.165, 1.54) is 11.1 Å². The molecule has 0 bridgehead atoms. The van der Waals surface area contributed by atoms with Gasteiger partial charge in [-0.1, -0.05) is 70.2 Å². The summed E-state index contributed by atoms with van der Waals surface area (Å²) in [7, 11) is 0. The number of hydrogen-bond acceptors (Lipinski definition) is 1. The zero-order valence-electron chi connectivity index (χ0n) is 12.1. The highest BCUT2D eigenvalue weighted by molar-refractivity contribution is 5.44. The summed E-state index contributed by atoms with van der Waals surface area (Å²) in [6.45, 7) is 8.71. The normalized spacial score (nSPS) is 13.3. The van der Waals surface area contributed by atoms with Gasteiger partial charge >= 0.3 is 0 Å². The van der Waals surface area contributed by atoms with Crippen LogP contribution in [0.15, 0.2) is 48.5 Å². The van der Waals surface area contributed by atoms with Crippen LogP contribution in [0.2, 0.25) is 0 Å². The van der Waals surface area contributed by atoms with E-state index in [9.17, 15) is 5.11 Å². The molecule has 0 radical (unpaired) electrons. The molecule has 19 heavy (non-hydrogen) atoms. The van der Waals surface area contributed by atoms with E-state index in [0.717, 1.165) is 5.56 Å². The minimum atomic E-state index is 0.0961. The largest absolute Gasteiger partial charge is 0.508 e. The Kier molecular flexibility index (Phi) is 3.66. The molecule has 0 aromatic heterocycles. The van der Waals surface area contributed by atoms with Crippen LogP contribution in [0, 0.1) is 0 Å². The Morgan fingerprint density at radius 2 is 1.58 bits per heavy atom. The number of aromatic hydroxyl groups is 1. The maximum atomic E-state index is 10.1. The maximum Gasteiger partial charge on any atom is 0.119 e. The third-order valence-corrected chi connectivity index (χ3v) is 3.66. The van der Waals surface area contributed by atoms with Crippen LogP contribution in [0.4, 0.5) is 0 Å². The van der Waals surface area contributed by atoms with Crippen LogP contribution < -0.4 is 0 Å². The van der Waals surface area contributed by atoms with Gasteiger partial charge in [0.25, 0.3) is 0 Å². The van der Waals surface area contributed by atoms with Crippen LogP contribution in [0.1, 0.15) is 50.3 Å². The fourth-order valence-corrected chi connectivity index (χ4v) is 2.29. The van der Waals surface area contributed by atoms with E-state index in [-0.39, 0.29) is 11.3 Å². The summed E-state index contributed by atoms with van der Waals surface area (Å²) < 4.78 is 0. The standard InChI is InChI=1S/C18H22O/c1-13(14-8-6-5-7-9-14)16-12-15(18(2,3)4)10-11-17(16)19/h5-13,19H,1-4H3/t13-/m1/s1. The van der Waals surface area contributed by atoms with Crippen molar-refractivity contribution in [3.8, 4) is 5.75 Å². The minimum Gasteiger partial charge on any atom is -0.508 e. The molecule has 0 saturated carbocycles. The Hall–Kier alpha value is -1.76. The lowest BCUT2D eigenvalue weighted by molar-refractivity contribution is 0.464. The van der Waals surface area contributed by atoms with Gasteiger partial charge in [-0.3, -0.25) is 0 Å². The van der Waals surface area contributed by atoms with Gasteiger partial charge in [-0.05, 0) is 22.6 Å². The first-order valence-electron chi connectivity index (χ1n) is 6.78. The SMILES string of the molecule is C[C@H](c1ccccc1)c1cc(C(C)(C)C)ccc1O. The summed E-state index contributed by atoms with van der Waals surface area (Å²) in [6, 6.07) is 16.3. The number of phenols is 1. The molecule has 0 saturated heterocycles. The Balaban J connectivity index is 2.45. The van der Waals surface area contributed by atoms with Gasteiger partial charge in [-0.25, -0.2) is 0 Å². The first-order valence-corrected chi connectivity index (χ1v) is 6.78. The van der Waals surface area contributed by atoms with Crippen LogP contribution in [0.3, 0.4) is 0 Å². The molecule has 0 aliphatic rings. The average molecular weight is 254 g/mol. The number of hydrogen-bond donors (Lipinski definition) is 1. The van der Waals surface area contributed by atoms with E-state index in [0.29, 0.717) is 5.75 Å². The average Bonchev–Trinajstić information content (AvgIpc) is 2.38. The van der Waals surface area contributed by atoms with Crippen LogP contribution in [0.5, 0.6) is 5.75 Å². The molecule has 100 valence electrons. The predicted octanol–water partition coefficient (Wildman–Crippen LogP) is 4.84. The van der Waals surface area contributed by atoms with E-state index in [1.54, 1.807) is 0 Å². The van der Waals surface area contributed by atoms with Crippen molar-refractivity contribution >= 4 is 0 Å². The minimum absolute atomic E-state index is 0.0961. The van der Waals surface area contributed by atoms with Gasteiger partial charge in [0.2, 0.25) is 0 Å². The van der Waals surface area contributed by atoms with Crippen LogP contribution in [-0.2, 0) is 5.41 Å². The van der Waals surface area contributed by atoms with Gasteiger partial charge in [-0.2, -0.15) is 0 Å². The molecule has 2 aromatic rings. The Morgan fingerprint density at radius 3 is 2.16 bits per heavy atom. The van der Waals surface area contributed by atoms with Gasteiger partial charge in [0.1, 0.15) is 5.75 Å². The summed E-state index contributed by atoms with van der Waals surface area (Å²) in [5.74, 6) is 0.577. The molecule has 0 spiro atoms. The van der Waals surface area contributed by atoms with E-state index >= 15 is 0 Å². The van der Waals surface area contributed by atoms with Crippen molar-refractivity contribution in [1.29, 1.82) is 0 Å². The third kappa shape index (κ3) is 2.98. The monoisotopic (exact) mass is 254 g/mol. The second kappa shape index (κ2) is 5.08. The molecule has 0 fully saturated rings. The maximum absolute atomic E-state index is 10.1. The highest BCUT2D eigenvalue weighted by Crippen LogP contribution is 2.34. The number of phenolic OH excluding ortho intramolecular Hbond substituents is 1. The predicted molar refractivity (Wildman–Crippen MR) is 80.8 cm³/mol. The first-order chi connectivity index (χ1) is 8.89. The van der Waals surface area contributed by atoms with Crippen molar-refractivity contribution < 1.29 is 5.11 Å². The Labute approximate surface area is 115 Å². The van der Waals surface area contributed by atoms with E-state index < -0.39 is 0 Å². The van der Waals surface area contributed by atoms with Crippen molar-refractivity contribution in [2.24, 2.45) is 0 Å². The second-order valence-corrected chi connectivity index (χ2v) is 6.16. The Bertz CT molecular complexity index is 550. The first kappa shape index (κ1) is 13.7. The van der Waals surface area contributed by atoms with Crippen LogP contribution in [-0.4, -0.2) is 5.11 Å². The van der Waals surface area contributed by atoms with Crippen molar-refractivity contribution in [2.45, 2.75) is 39.0 Å². The van der Waals surface area contributed by atoms with Crippen molar-refractivity contribution in [3.05, 3.63) is 65.2 Å². The summed E-state index contributed by atoms with van der Waals surface area (Å²) >= 11 is 0. The summed E-state index contributed by atoms with van der Waals surface area (Å²) in [4.78, 5) is 0. The van der Waals surface area contributed by atoms with Gasteiger partial charge in [0, 0.05) is 11.5 Å². The quantitative estimate of drug-likeness (QED) is 0.813. The highest BCUT2D eigenvalue weighted by atomic mass is 16.3. The fourth-order valence-electron chi connectivity index (χ4n) is 2.29. The van der Waals surface area contributed by atoms with Gasteiger partial charge < -0.3 is 5.11 Å². The molecule has 0 aliphatic heterocycles. The third-order valence-electron chi connectivity index (χ3n) is 3.66. The van der Waals surface area contributed by atoms with Crippen molar-refractivity contribution in [3.63, 3.8) is 0 Å². The molecule has 0 aliphatic carbocycles. The van der Waals surface area contributed by atoms with Crippen LogP contribution in [0.25, 0.3) is 0 Å². The molecule has 0 heterocycles. The summed E-state index contributed by atoms with van der Waals surface area (Å²) in [5, 5.41) is 10.1. The van der Waals surface area contributed by atoms with E-state index in [2.05, 4.69) is 45.9 Å². The molecule has 1 heteroatoms. The lowest BCUT2D eigenvalue weighted by Gasteiger charge is -2.22. The van der Waals surface area contributed by atoms with Crippen LogP contribution >= 0.6 is 0 Å². The van der Waals surface area contributed by atoms with Gasteiger partial charge in [0.05, 0.1) is 0 Å². The molecule has 2 rings (SSSR count). The van der Waals surface area contributed by atoms with E-state index in [4.69, 9.17) is 0 Å². The van der Waals surface area contributed by atoms with Gasteiger partial charge in [-0.15, -0.1) is 0 Å². The fraction of sp³-hybridized carbons (Fsp3) is 0.333.